The van der Waals surface area contributed by atoms with Crippen LogP contribution in [-0.4, -0.2) is 48.8 Å². The highest BCUT2D eigenvalue weighted by Crippen LogP contribution is 2.17. The molecule has 1 N–H and O–H groups in total. The molecule has 1 heterocycles. The van der Waals surface area contributed by atoms with Crippen LogP contribution in [0.4, 0.5) is 0 Å². The Morgan fingerprint density at radius 2 is 2.04 bits per heavy atom. The minimum Gasteiger partial charge on any atom is -0.484 e. The van der Waals surface area contributed by atoms with Crippen molar-refractivity contribution in [2.24, 2.45) is 0 Å². The van der Waals surface area contributed by atoms with Gasteiger partial charge in [0.15, 0.2) is 6.61 Å². The predicted molar refractivity (Wildman–Crippen MR) is 95.1 cm³/mol. The number of rotatable bonds is 6. The Morgan fingerprint density at radius 3 is 2.67 bits per heavy atom. The van der Waals surface area contributed by atoms with Crippen LogP contribution in [0, 0.1) is 0 Å². The molecular formula is C19H30N2O3. The Morgan fingerprint density at radius 1 is 1.33 bits per heavy atom. The van der Waals surface area contributed by atoms with Crippen molar-refractivity contribution in [3.8, 4) is 5.75 Å². The third-order valence-corrected chi connectivity index (χ3v) is 4.01. The Bertz CT molecular complexity index is 522. The summed E-state index contributed by atoms with van der Waals surface area (Å²) in [6.45, 7) is 11.6. The topological polar surface area (TPSA) is 50.8 Å². The van der Waals surface area contributed by atoms with Crippen LogP contribution in [0.25, 0.3) is 0 Å². The van der Waals surface area contributed by atoms with E-state index in [0.29, 0.717) is 6.04 Å². The molecule has 0 aliphatic carbocycles. The molecule has 0 bridgehead atoms. The second kappa shape index (κ2) is 8.49. The summed E-state index contributed by atoms with van der Waals surface area (Å²) in [7, 11) is 0. The molecule has 1 atom stereocenters. The largest absolute Gasteiger partial charge is 0.484 e. The maximum atomic E-state index is 11.8. The summed E-state index contributed by atoms with van der Waals surface area (Å²) < 4.78 is 11.1. The minimum atomic E-state index is -0.238. The lowest BCUT2D eigenvalue weighted by Gasteiger charge is -2.35. The molecule has 1 fully saturated rings. The van der Waals surface area contributed by atoms with E-state index >= 15 is 0 Å². The molecule has 0 saturated carbocycles. The maximum Gasteiger partial charge on any atom is 0.258 e. The van der Waals surface area contributed by atoms with Gasteiger partial charge in [-0.25, -0.2) is 0 Å². The number of morpholine rings is 1. The van der Waals surface area contributed by atoms with Gasteiger partial charge in [0, 0.05) is 24.7 Å². The van der Waals surface area contributed by atoms with Crippen molar-refractivity contribution in [2.45, 2.75) is 52.2 Å². The molecule has 134 valence electrons. The normalized spacial score (nSPS) is 19.1. The molecule has 1 amide bonds. The molecule has 1 aliphatic rings. The molecule has 1 aromatic rings. The average molecular weight is 334 g/mol. The molecule has 1 aromatic carbocycles. The maximum absolute atomic E-state index is 11.8. The number of carbonyl (C=O) groups excluding carboxylic acids is 1. The van der Waals surface area contributed by atoms with Gasteiger partial charge in [0.2, 0.25) is 0 Å². The number of nitrogens with zero attached hydrogens (tertiary/aromatic N) is 1. The Balaban J connectivity index is 1.83. The van der Waals surface area contributed by atoms with Crippen LogP contribution >= 0.6 is 0 Å². The number of ether oxygens (including phenoxy) is 2. The highest BCUT2D eigenvalue weighted by Gasteiger charge is 2.21. The molecule has 0 radical (unpaired) electrons. The number of amides is 1. The van der Waals surface area contributed by atoms with E-state index < -0.39 is 0 Å². The van der Waals surface area contributed by atoms with Crippen molar-refractivity contribution < 1.29 is 14.3 Å². The lowest BCUT2D eigenvalue weighted by Crippen LogP contribution is -2.44. The zero-order valence-electron chi connectivity index (χ0n) is 15.3. The van der Waals surface area contributed by atoms with E-state index in [1.54, 1.807) is 0 Å². The Hall–Kier alpha value is -1.59. The molecule has 1 aliphatic heterocycles. The van der Waals surface area contributed by atoms with Gasteiger partial charge >= 0.3 is 0 Å². The number of nitrogens with one attached hydrogen (secondary N) is 1. The van der Waals surface area contributed by atoms with Gasteiger partial charge < -0.3 is 14.8 Å². The van der Waals surface area contributed by atoms with E-state index in [9.17, 15) is 4.79 Å². The van der Waals surface area contributed by atoms with Crippen molar-refractivity contribution >= 4 is 5.91 Å². The van der Waals surface area contributed by atoms with Crippen LogP contribution < -0.4 is 10.1 Å². The molecule has 0 spiro atoms. The summed E-state index contributed by atoms with van der Waals surface area (Å²) in [4.78, 5) is 14.2. The summed E-state index contributed by atoms with van der Waals surface area (Å²) in [6, 6.07) is 8.50. The van der Waals surface area contributed by atoms with Crippen LogP contribution in [0.5, 0.6) is 5.75 Å². The summed E-state index contributed by atoms with van der Waals surface area (Å²) in [5.74, 6) is 0.613. The van der Waals surface area contributed by atoms with Gasteiger partial charge in [0.05, 0.1) is 13.2 Å². The number of hydrogen-bond acceptors (Lipinski definition) is 4. The van der Waals surface area contributed by atoms with Gasteiger partial charge in [-0.15, -0.1) is 0 Å². The van der Waals surface area contributed by atoms with E-state index in [4.69, 9.17) is 9.47 Å². The first-order valence-electron chi connectivity index (χ1n) is 8.72. The van der Waals surface area contributed by atoms with Gasteiger partial charge in [0.25, 0.3) is 5.91 Å². The lowest BCUT2D eigenvalue weighted by atomic mass is 10.1. The number of hydrogen-bond donors (Lipinski definition) is 1. The Kier molecular flexibility index (Phi) is 6.63. The fourth-order valence-electron chi connectivity index (χ4n) is 2.80. The highest BCUT2D eigenvalue weighted by atomic mass is 16.5. The van der Waals surface area contributed by atoms with Crippen LogP contribution in [0.15, 0.2) is 24.3 Å². The first kappa shape index (κ1) is 18.7. The van der Waals surface area contributed by atoms with Gasteiger partial charge in [-0.05, 0) is 44.9 Å². The monoisotopic (exact) mass is 334 g/mol. The van der Waals surface area contributed by atoms with Gasteiger partial charge in [0.1, 0.15) is 5.75 Å². The molecule has 0 aromatic heterocycles. The van der Waals surface area contributed by atoms with Gasteiger partial charge in [-0.1, -0.05) is 19.1 Å². The van der Waals surface area contributed by atoms with Crippen molar-refractivity contribution in [2.75, 3.05) is 26.4 Å². The Labute approximate surface area is 145 Å². The first-order chi connectivity index (χ1) is 11.4. The van der Waals surface area contributed by atoms with Gasteiger partial charge in [-0.3, -0.25) is 9.69 Å². The third-order valence-electron chi connectivity index (χ3n) is 4.01. The molecule has 2 rings (SSSR count). The summed E-state index contributed by atoms with van der Waals surface area (Å²) >= 11 is 0. The van der Waals surface area contributed by atoms with E-state index in [2.05, 4.69) is 29.3 Å². The van der Waals surface area contributed by atoms with E-state index in [1.807, 2.05) is 32.9 Å². The second-order valence-corrected chi connectivity index (χ2v) is 7.34. The smallest absolute Gasteiger partial charge is 0.258 e. The molecule has 24 heavy (non-hydrogen) atoms. The van der Waals surface area contributed by atoms with Crippen molar-refractivity contribution in [1.82, 2.24) is 10.2 Å². The van der Waals surface area contributed by atoms with Crippen molar-refractivity contribution in [1.29, 1.82) is 0 Å². The zero-order chi connectivity index (χ0) is 17.6. The summed E-state index contributed by atoms with van der Waals surface area (Å²) in [5.41, 5.74) is 1.01. The lowest BCUT2D eigenvalue weighted by molar-refractivity contribution is -0.124. The number of carbonyl (C=O) groups is 1. The van der Waals surface area contributed by atoms with Gasteiger partial charge in [-0.2, -0.15) is 0 Å². The molecule has 0 unspecified atom stereocenters. The third kappa shape index (κ3) is 6.13. The standard InChI is InChI=1S/C19H30N2O3/c1-5-16-13-23-11-10-21(16)12-15-6-8-17(9-7-15)24-14-18(22)20-19(2,3)4/h6-9,16H,5,10-14H2,1-4H3,(H,20,22)/t16-/m0/s1. The molecule has 1 saturated heterocycles. The second-order valence-electron chi connectivity index (χ2n) is 7.34. The average Bonchev–Trinajstić information content (AvgIpc) is 2.53. The van der Waals surface area contributed by atoms with E-state index in [0.717, 1.165) is 38.5 Å². The van der Waals surface area contributed by atoms with Crippen LogP contribution in [0.1, 0.15) is 39.7 Å². The van der Waals surface area contributed by atoms with Crippen LogP contribution in [0.2, 0.25) is 0 Å². The fraction of sp³-hybridized carbons (Fsp3) is 0.632. The highest BCUT2D eigenvalue weighted by molar-refractivity contribution is 5.78. The van der Waals surface area contributed by atoms with Crippen LogP contribution in [-0.2, 0) is 16.1 Å². The SMILES string of the molecule is CC[C@H]1COCCN1Cc1ccc(OCC(=O)NC(C)(C)C)cc1. The van der Waals surface area contributed by atoms with Crippen molar-refractivity contribution in [3.05, 3.63) is 29.8 Å². The molecular weight excluding hydrogens is 304 g/mol. The summed E-state index contributed by atoms with van der Waals surface area (Å²) in [5, 5.41) is 2.88. The van der Waals surface area contributed by atoms with E-state index in [-0.39, 0.29) is 18.1 Å². The summed E-state index contributed by atoms with van der Waals surface area (Å²) in [6.07, 6.45) is 1.10. The molecule has 5 nitrogen and oxygen atoms in total. The van der Waals surface area contributed by atoms with Crippen molar-refractivity contribution in [3.63, 3.8) is 0 Å². The first-order valence-corrected chi connectivity index (χ1v) is 8.72. The zero-order valence-corrected chi connectivity index (χ0v) is 15.3. The number of benzene rings is 1. The predicted octanol–water partition coefficient (Wildman–Crippen LogP) is 2.59. The quantitative estimate of drug-likeness (QED) is 0.869. The molecule has 5 heteroatoms. The van der Waals surface area contributed by atoms with E-state index in [1.165, 1.54) is 5.56 Å². The fourth-order valence-corrected chi connectivity index (χ4v) is 2.80. The van der Waals surface area contributed by atoms with Crippen LogP contribution in [0.3, 0.4) is 0 Å². The minimum absolute atomic E-state index is 0.0397.